The number of nitrogens with zero attached hydrogens (tertiary/aromatic N) is 2. The van der Waals surface area contributed by atoms with Crippen molar-refractivity contribution in [1.82, 2.24) is 9.88 Å². The van der Waals surface area contributed by atoms with E-state index >= 15 is 0 Å². The molecule has 5 rings (SSSR count). The number of aliphatic hydroxyl groups excluding tert-OH is 1. The van der Waals surface area contributed by atoms with Crippen molar-refractivity contribution in [3.63, 3.8) is 0 Å². The SMILES string of the molecule is Cc1ccccc1COc1ccc(C(O)=C2C(=O)C(=O)N(Cc3ccncc3)[C@H]2c2ccc(Cl)cc2)cc1. The topological polar surface area (TPSA) is 79.7 Å². The zero-order chi connectivity index (χ0) is 26.6. The minimum Gasteiger partial charge on any atom is -0.507 e. The molecular weight excluding hydrogens is 500 g/mol. The Hall–Kier alpha value is -4.42. The van der Waals surface area contributed by atoms with Crippen molar-refractivity contribution in [3.05, 3.63) is 136 Å². The van der Waals surface area contributed by atoms with Crippen LogP contribution in [0.4, 0.5) is 0 Å². The predicted octanol–water partition coefficient (Wildman–Crippen LogP) is 6.24. The number of aromatic nitrogens is 1. The number of aliphatic hydroxyl groups is 1. The number of benzene rings is 3. The Morgan fingerprint density at radius 1 is 0.947 bits per heavy atom. The van der Waals surface area contributed by atoms with Gasteiger partial charge in [0.2, 0.25) is 0 Å². The quantitative estimate of drug-likeness (QED) is 0.176. The van der Waals surface area contributed by atoms with Crippen LogP contribution in [0.25, 0.3) is 5.76 Å². The summed E-state index contributed by atoms with van der Waals surface area (Å²) in [7, 11) is 0. The van der Waals surface area contributed by atoms with Crippen molar-refractivity contribution in [2.75, 3.05) is 0 Å². The number of Topliss-reactive ketones (excluding diaryl/α,β-unsaturated/α-hetero) is 1. The van der Waals surface area contributed by atoms with Crippen LogP contribution in [0.2, 0.25) is 5.02 Å². The molecule has 0 bridgehead atoms. The number of likely N-dealkylation sites (tertiary alicyclic amines) is 1. The minimum absolute atomic E-state index is 0.0277. The monoisotopic (exact) mass is 524 g/mol. The van der Waals surface area contributed by atoms with Gasteiger partial charge in [-0.2, -0.15) is 0 Å². The minimum atomic E-state index is -0.780. The highest BCUT2D eigenvalue weighted by molar-refractivity contribution is 6.46. The summed E-state index contributed by atoms with van der Waals surface area (Å²) < 4.78 is 5.91. The Labute approximate surface area is 225 Å². The number of ether oxygens (including phenoxy) is 1. The van der Waals surface area contributed by atoms with Crippen molar-refractivity contribution in [2.24, 2.45) is 0 Å². The summed E-state index contributed by atoms with van der Waals surface area (Å²) in [5.41, 5.74) is 4.14. The number of carbonyl (C=O) groups is 2. The van der Waals surface area contributed by atoms with Crippen LogP contribution in [0.15, 0.2) is 103 Å². The summed E-state index contributed by atoms with van der Waals surface area (Å²) in [6.45, 7) is 2.62. The van der Waals surface area contributed by atoms with Gasteiger partial charge < -0.3 is 14.7 Å². The molecule has 1 saturated heterocycles. The van der Waals surface area contributed by atoms with Crippen molar-refractivity contribution >= 4 is 29.1 Å². The molecule has 0 radical (unpaired) electrons. The molecule has 190 valence electrons. The van der Waals surface area contributed by atoms with Crippen LogP contribution in [-0.4, -0.2) is 26.7 Å². The first-order valence-electron chi connectivity index (χ1n) is 12.1. The summed E-state index contributed by atoms with van der Waals surface area (Å²) in [5, 5.41) is 11.8. The average molecular weight is 525 g/mol. The fraction of sp³-hybridized carbons (Fsp3) is 0.129. The van der Waals surface area contributed by atoms with Gasteiger partial charge >= 0.3 is 0 Å². The maximum absolute atomic E-state index is 13.3. The molecule has 2 heterocycles. The van der Waals surface area contributed by atoms with E-state index in [4.69, 9.17) is 16.3 Å². The number of pyridine rings is 1. The predicted molar refractivity (Wildman–Crippen MR) is 145 cm³/mol. The van der Waals surface area contributed by atoms with Crippen LogP contribution in [0, 0.1) is 6.92 Å². The third-order valence-corrected chi connectivity index (χ3v) is 6.86. The van der Waals surface area contributed by atoms with E-state index in [9.17, 15) is 14.7 Å². The third kappa shape index (κ3) is 5.17. The molecule has 1 N–H and O–H groups in total. The number of ketones is 1. The molecule has 4 aromatic rings. The van der Waals surface area contributed by atoms with Crippen molar-refractivity contribution < 1.29 is 19.4 Å². The van der Waals surface area contributed by atoms with Crippen LogP contribution in [0.5, 0.6) is 5.75 Å². The number of hydrogen-bond donors (Lipinski definition) is 1. The standard InChI is InChI=1S/C31H25ClN2O4/c1-20-4-2-3-5-24(20)19-38-26-12-8-23(9-13-26)29(35)27-28(22-6-10-25(32)11-7-22)34(31(37)30(27)36)18-21-14-16-33-17-15-21/h2-17,28,35H,18-19H2,1H3/t28-/m0/s1. The Bertz CT molecular complexity index is 1500. The first kappa shape index (κ1) is 25.2. The van der Waals surface area contributed by atoms with Crippen LogP contribution < -0.4 is 4.74 Å². The smallest absolute Gasteiger partial charge is 0.295 e. The molecule has 1 aliphatic rings. The van der Waals surface area contributed by atoms with Gasteiger partial charge in [0.25, 0.3) is 11.7 Å². The molecule has 0 aliphatic carbocycles. The van der Waals surface area contributed by atoms with Crippen molar-refractivity contribution in [3.8, 4) is 5.75 Å². The first-order valence-corrected chi connectivity index (χ1v) is 12.5. The molecule has 0 saturated carbocycles. The molecule has 1 atom stereocenters. The fourth-order valence-corrected chi connectivity index (χ4v) is 4.64. The molecule has 0 unspecified atom stereocenters. The van der Waals surface area contributed by atoms with Gasteiger partial charge in [0.1, 0.15) is 18.1 Å². The van der Waals surface area contributed by atoms with E-state index in [1.165, 1.54) is 4.90 Å². The van der Waals surface area contributed by atoms with E-state index < -0.39 is 17.7 Å². The lowest BCUT2D eigenvalue weighted by atomic mass is 9.95. The second kappa shape index (κ2) is 10.9. The van der Waals surface area contributed by atoms with E-state index in [2.05, 4.69) is 4.98 Å². The Kier molecular flexibility index (Phi) is 7.24. The number of amides is 1. The highest BCUT2D eigenvalue weighted by atomic mass is 35.5. The highest BCUT2D eigenvalue weighted by Crippen LogP contribution is 2.40. The lowest BCUT2D eigenvalue weighted by molar-refractivity contribution is -0.140. The van der Waals surface area contributed by atoms with Crippen LogP contribution in [-0.2, 0) is 22.7 Å². The van der Waals surface area contributed by atoms with Gasteiger partial charge in [-0.15, -0.1) is 0 Å². The Balaban J connectivity index is 1.47. The van der Waals surface area contributed by atoms with E-state index in [1.807, 2.05) is 31.2 Å². The normalized spacial score (nSPS) is 16.6. The van der Waals surface area contributed by atoms with E-state index in [0.717, 1.165) is 16.7 Å². The molecular formula is C31H25ClN2O4. The number of halogens is 1. The molecule has 1 aromatic heterocycles. The lowest BCUT2D eigenvalue weighted by Crippen LogP contribution is -2.29. The highest BCUT2D eigenvalue weighted by Gasteiger charge is 2.46. The number of hydrogen-bond acceptors (Lipinski definition) is 5. The molecule has 1 aliphatic heterocycles. The molecule has 7 heteroatoms. The molecule has 1 amide bonds. The molecule has 3 aromatic carbocycles. The van der Waals surface area contributed by atoms with Gasteiger partial charge in [-0.1, -0.05) is 48.0 Å². The molecule has 1 fully saturated rings. The fourth-order valence-electron chi connectivity index (χ4n) is 4.52. The summed E-state index contributed by atoms with van der Waals surface area (Å²) in [4.78, 5) is 31.9. The van der Waals surface area contributed by atoms with Gasteiger partial charge in [-0.25, -0.2) is 0 Å². The zero-order valence-electron chi connectivity index (χ0n) is 20.7. The summed E-state index contributed by atoms with van der Waals surface area (Å²) >= 11 is 6.10. The van der Waals surface area contributed by atoms with E-state index in [-0.39, 0.29) is 17.9 Å². The number of aryl methyl sites for hydroxylation is 1. The lowest BCUT2D eigenvalue weighted by Gasteiger charge is -2.25. The second-order valence-electron chi connectivity index (χ2n) is 9.07. The second-order valence-corrected chi connectivity index (χ2v) is 9.51. The maximum atomic E-state index is 13.3. The zero-order valence-corrected chi connectivity index (χ0v) is 21.4. The Morgan fingerprint density at radius 3 is 2.32 bits per heavy atom. The largest absolute Gasteiger partial charge is 0.507 e. The van der Waals surface area contributed by atoms with E-state index in [0.29, 0.717) is 28.5 Å². The van der Waals surface area contributed by atoms with Gasteiger partial charge in [0.15, 0.2) is 0 Å². The first-order chi connectivity index (χ1) is 18.4. The van der Waals surface area contributed by atoms with Crippen LogP contribution in [0.3, 0.4) is 0 Å². The number of carbonyl (C=O) groups excluding carboxylic acids is 2. The van der Waals surface area contributed by atoms with Gasteiger partial charge in [0.05, 0.1) is 11.6 Å². The third-order valence-electron chi connectivity index (χ3n) is 6.61. The van der Waals surface area contributed by atoms with E-state index in [1.54, 1.807) is 73.1 Å². The molecule has 0 spiro atoms. The maximum Gasteiger partial charge on any atom is 0.295 e. The van der Waals surface area contributed by atoms with Gasteiger partial charge in [-0.3, -0.25) is 14.6 Å². The molecule has 6 nitrogen and oxygen atoms in total. The summed E-state index contributed by atoms with van der Waals surface area (Å²) in [6, 6.07) is 24.5. The Morgan fingerprint density at radius 2 is 1.63 bits per heavy atom. The molecule has 38 heavy (non-hydrogen) atoms. The number of rotatable bonds is 7. The summed E-state index contributed by atoms with van der Waals surface area (Å²) in [6.07, 6.45) is 3.26. The summed E-state index contributed by atoms with van der Waals surface area (Å²) in [5.74, 6) is -1.04. The van der Waals surface area contributed by atoms with Crippen molar-refractivity contribution in [2.45, 2.75) is 26.1 Å². The van der Waals surface area contributed by atoms with Gasteiger partial charge in [0, 0.05) is 29.5 Å². The van der Waals surface area contributed by atoms with Crippen LogP contribution >= 0.6 is 11.6 Å². The van der Waals surface area contributed by atoms with Gasteiger partial charge in [-0.05, 0) is 77.7 Å². The van der Waals surface area contributed by atoms with Crippen LogP contribution in [0.1, 0.15) is 33.9 Å². The average Bonchev–Trinajstić information content (AvgIpc) is 3.18. The van der Waals surface area contributed by atoms with Crippen molar-refractivity contribution in [1.29, 1.82) is 0 Å².